The van der Waals surface area contributed by atoms with Crippen molar-refractivity contribution in [1.82, 2.24) is 9.88 Å². The molecule has 0 aliphatic heterocycles. The first-order valence-electron chi connectivity index (χ1n) is 7.09. The summed E-state index contributed by atoms with van der Waals surface area (Å²) < 4.78 is 5.54. The van der Waals surface area contributed by atoms with E-state index in [1.54, 1.807) is 4.90 Å². The van der Waals surface area contributed by atoms with Gasteiger partial charge in [0.15, 0.2) is 10.8 Å². The number of carbonyl (C=O) groups excluding carboxylic acids is 1. The third kappa shape index (κ3) is 3.33. The standard InChI is InChI=1S/C15H18N2O3S/c1-10-2-5-13(20-10)15-16-11(9-21-15)8-14(19)17(6-7-18)12-3-4-12/h2,5,9,12,18H,3-4,6-8H2,1H3. The van der Waals surface area contributed by atoms with Crippen LogP contribution in [0.25, 0.3) is 10.8 Å². The summed E-state index contributed by atoms with van der Waals surface area (Å²) in [6, 6.07) is 4.11. The fraction of sp³-hybridized carbons (Fsp3) is 0.467. The fourth-order valence-electron chi connectivity index (χ4n) is 2.31. The summed E-state index contributed by atoms with van der Waals surface area (Å²) in [4.78, 5) is 18.5. The quantitative estimate of drug-likeness (QED) is 0.889. The van der Waals surface area contributed by atoms with Gasteiger partial charge in [-0.2, -0.15) is 0 Å². The van der Waals surface area contributed by atoms with Crippen molar-refractivity contribution in [1.29, 1.82) is 0 Å². The van der Waals surface area contributed by atoms with Gasteiger partial charge in [-0.1, -0.05) is 0 Å². The molecule has 5 nitrogen and oxygen atoms in total. The van der Waals surface area contributed by atoms with Gasteiger partial charge in [0.05, 0.1) is 18.7 Å². The first-order valence-corrected chi connectivity index (χ1v) is 7.97. The van der Waals surface area contributed by atoms with E-state index in [0.29, 0.717) is 12.6 Å². The molecule has 0 atom stereocenters. The van der Waals surface area contributed by atoms with Crippen molar-refractivity contribution < 1.29 is 14.3 Å². The third-order valence-electron chi connectivity index (χ3n) is 3.48. The first-order chi connectivity index (χ1) is 10.2. The molecular formula is C15H18N2O3S. The van der Waals surface area contributed by atoms with Crippen LogP contribution in [0.15, 0.2) is 21.9 Å². The molecule has 1 amide bonds. The van der Waals surface area contributed by atoms with Gasteiger partial charge in [-0.05, 0) is 31.9 Å². The molecule has 3 rings (SSSR count). The molecule has 1 fully saturated rings. The fourth-order valence-corrected chi connectivity index (χ4v) is 3.09. The third-order valence-corrected chi connectivity index (χ3v) is 4.39. The summed E-state index contributed by atoms with van der Waals surface area (Å²) in [6.45, 7) is 2.32. The number of carbonyl (C=O) groups is 1. The Hall–Kier alpha value is -1.66. The molecule has 0 radical (unpaired) electrons. The summed E-state index contributed by atoms with van der Waals surface area (Å²) in [6.07, 6.45) is 2.37. The van der Waals surface area contributed by atoms with E-state index in [1.165, 1.54) is 11.3 Å². The molecule has 21 heavy (non-hydrogen) atoms. The van der Waals surface area contributed by atoms with Crippen molar-refractivity contribution in [3.8, 4) is 10.8 Å². The number of aliphatic hydroxyl groups is 1. The van der Waals surface area contributed by atoms with E-state index in [1.807, 2.05) is 24.4 Å². The van der Waals surface area contributed by atoms with Crippen molar-refractivity contribution in [2.75, 3.05) is 13.2 Å². The van der Waals surface area contributed by atoms with E-state index in [4.69, 9.17) is 9.52 Å². The minimum atomic E-state index is 0.0101. The van der Waals surface area contributed by atoms with Gasteiger partial charge in [0, 0.05) is 18.0 Å². The van der Waals surface area contributed by atoms with Crippen LogP contribution in [0.3, 0.4) is 0 Å². The average molecular weight is 306 g/mol. The second-order valence-electron chi connectivity index (χ2n) is 5.27. The van der Waals surface area contributed by atoms with Gasteiger partial charge >= 0.3 is 0 Å². The molecule has 112 valence electrons. The van der Waals surface area contributed by atoms with Crippen molar-refractivity contribution >= 4 is 17.2 Å². The highest BCUT2D eigenvalue weighted by molar-refractivity contribution is 7.13. The number of nitrogens with zero attached hydrogens (tertiary/aromatic N) is 2. The highest BCUT2D eigenvalue weighted by Gasteiger charge is 2.32. The summed E-state index contributed by atoms with van der Waals surface area (Å²) in [5, 5.41) is 11.8. The first kappa shape index (κ1) is 14.3. The Morgan fingerprint density at radius 1 is 1.52 bits per heavy atom. The minimum absolute atomic E-state index is 0.0101. The molecule has 1 N–H and O–H groups in total. The number of thiazole rings is 1. The number of furan rings is 1. The zero-order valence-electron chi connectivity index (χ0n) is 11.9. The number of aryl methyl sites for hydroxylation is 1. The molecular weight excluding hydrogens is 288 g/mol. The van der Waals surface area contributed by atoms with E-state index < -0.39 is 0 Å². The van der Waals surface area contributed by atoms with Crippen LogP contribution in [0.1, 0.15) is 24.3 Å². The lowest BCUT2D eigenvalue weighted by molar-refractivity contribution is -0.131. The van der Waals surface area contributed by atoms with E-state index in [9.17, 15) is 4.79 Å². The van der Waals surface area contributed by atoms with Gasteiger partial charge in [-0.25, -0.2) is 4.98 Å². The largest absolute Gasteiger partial charge is 0.459 e. The summed E-state index contributed by atoms with van der Waals surface area (Å²) in [7, 11) is 0. The van der Waals surface area contributed by atoms with E-state index >= 15 is 0 Å². The highest BCUT2D eigenvalue weighted by Crippen LogP contribution is 2.28. The Labute approximate surface area is 127 Å². The number of hydrogen-bond donors (Lipinski definition) is 1. The number of rotatable bonds is 6. The smallest absolute Gasteiger partial charge is 0.228 e. The number of amides is 1. The summed E-state index contributed by atoms with van der Waals surface area (Å²) in [5.41, 5.74) is 0.762. The van der Waals surface area contributed by atoms with Crippen molar-refractivity contribution in [2.24, 2.45) is 0 Å². The molecule has 2 heterocycles. The Kier molecular flexibility index (Phi) is 4.07. The van der Waals surface area contributed by atoms with Gasteiger partial charge < -0.3 is 14.4 Å². The van der Waals surface area contributed by atoms with Crippen LogP contribution < -0.4 is 0 Å². The van der Waals surface area contributed by atoms with Crippen LogP contribution in [-0.4, -0.2) is 40.1 Å². The van der Waals surface area contributed by atoms with Crippen LogP contribution in [0, 0.1) is 6.92 Å². The maximum Gasteiger partial charge on any atom is 0.228 e. The highest BCUT2D eigenvalue weighted by atomic mass is 32.1. The van der Waals surface area contributed by atoms with Crippen LogP contribution in [0.2, 0.25) is 0 Å². The second kappa shape index (κ2) is 5.99. The molecule has 2 aromatic heterocycles. The average Bonchev–Trinajstić information content (AvgIpc) is 3.03. The van der Waals surface area contributed by atoms with Gasteiger partial charge in [0.1, 0.15) is 5.76 Å². The Balaban J connectivity index is 1.67. The Morgan fingerprint density at radius 3 is 2.95 bits per heavy atom. The molecule has 2 aromatic rings. The number of aliphatic hydroxyl groups excluding tert-OH is 1. The molecule has 6 heteroatoms. The van der Waals surface area contributed by atoms with Crippen LogP contribution in [0.4, 0.5) is 0 Å². The SMILES string of the molecule is Cc1ccc(-c2nc(CC(=O)N(CCO)C3CC3)cs2)o1. The maximum absolute atomic E-state index is 12.3. The van der Waals surface area contributed by atoms with E-state index in [0.717, 1.165) is 35.1 Å². The normalized spacial score (nSPS) is 14.4. The van der Waals surface area contributed by atoms with Gasteiger partial charge in [-0.15, -0.1) is 11.3 Å². The van der Waals surface area contributed by atoms with Gasteiger partial charge in [0.2, 0.25) is 5.91 Å². The topological polar surface area (TPSA) is 66.6 Å². The molecule has 1 aliphatic rings. The van der Waals surface area contributed by atoms with Crippen LogP contribution in [-0.2, 0) is 11.2 Å². The molecule has 0 unspecified atom stereocenters. The van der Waals surface area contributed by atoms with E-state index in [-0.39, 0.29) is 18.9 Å². The second-order valence-corrected chi connectivity index (χ2v) is 6.13. The van der Waals surface area contributed by atoms with Crippen LogP contribution >= 0.6 is 11.3 Å². The lowest BCUT2D eigenvalue weighted by Gasteiger charge is -2.20. The van der Waals surface area contributed by atoms with Crippen molar-refractivity contribution in [3.63, 3.8) is 0 Å². The minimum Gasteiger partial charge on any atom is -0.459 e. The zero-order valence-corrected chi connectivity index (χ0v) is 12.7. The Bertz CT molecular complexity index is 630. The molecule has 0 aromatic carbocycles. The van der Waals surface area contributed by atoms with Gasteiger partial charge in [-0.3, -0.25) is 4.79 Å². The predicted octanol–water partition coefficient (Wildman–Crippen LogP) is 2.24. The van der Waals surface area contributed by atoms with E-state index in [2.05, 4.69) is 4.98 Å². The predicted molar refractivity (Wildman–Crippen MR) is 80.1 cm³/mol. The Morgan fingerprint density at radius 2 is 2.33 bits per heavy atom. The maximum atomic E-state index is 12.3. The summed E-state index contributed by atoms with van der Waals surface area (Å²) >= 11 is 1.48. The van der Waals surface area contributed by atoms with Crippen molar-refractivity contribution in [2.45, 2.75) is 32.2 Å². The molecule has 0 bridgehead atoms. The lowest BCUT2D eigenvalue weighted by Crippen LogP contribution is -2.36. The number of aromatic nitrogens is 1. The molecule has 0 saturated heterocycles. The molecule has 1 aliphatic carbocycles. The van der Waals surface area contributed by atoms with Gasteiger partial charge in [0.25, 0.3) is 0 Å². The van der Waals surface area contributed by atoms with Crippen LogP contribution in [0.5, 0.6) is 0 Å². The summed E-state index contributed by atoms with van der Waals surface area (Å²) in [5.74, 6) is 1.63. The monoisotopic (exact) mass is 306 g/mol. The van der Waals surface area contributed by atoms with Crippen molar-refractivity contribution in [3.05, 3.63) is 29.0 Å². The lowest BCUT2D eigenvalue weighted by atomic mass is 10.3. The zero-order chi connectivity index (χ0) is 14.8. The molecule has 0 spiro atoms. The number of hydrogen-bond acceptors (Lipinski definition) is 5. The molecule has 1 saturated carbocycles.